The molecule has 3 heteroatoms. The molecule has 0 saturated heterocycles. The molecule has 4 bridgehead atoms. The molecule has 0 heterocycles. The SMILES string of the molecule is O=C(NC12CC3CC(CC(C3)C1)C2)C(O)(c1ccccc1)c1ccccc1. The Morgan fingerprint density at radius 3 is 1.63 bits per heavy atom. The smallest absolute Gasteiger partial charge is 0.261 e. The summed E-state index contributed by atoms with van der Waals surface area (Å²) in [4.78, 5) is 13.6. The summed E-state index contributed by atoms with van der Waals surface area (Å²) < 4.78 is 0. The van der Waals surface area contributed by atoms with Gasteiger partial charge in [0.2, 0.25) is 0 Å². The van der Waals surface area contributed by atoms with Crippen molar-refractivity contribution in [2.75, 3.05) is 0 Å². The molecular weight excluding hydrogens is 334 g/mol. The van der Waals surface area contributed by atoms with E-state index >= 15 is 0 Å². The predicted octanol–water partition coefficient (Wildman–Crippen LogP) is 4.01. The minimum atomic E-state index is -1.66. The number of aliphatic hydroxyl groups is 1. The Hall–Kier alpha value is -2.13. The van der Waals surface area contributed by atoms with Gasteiger partial charge in [0.1, 0.15) is 0 Å². The molecule has 0 spiro atoms. The quantitative estimate of drug-likeness (QED) is 0.864. The Morgan fingerprint density at radius 2 is 1.22 bits per heavy atom. The van der Waals surface area contributed by atoms with E-state index < -0.39 is 5.60 Å². The second-order valence-electron chi connectivity index (χ2n) is 9.09. The predicted molar refractivity (Wildman–Crippen MR) is 105 cm³/mol. The highest BCUT2D eigenvalue weighted by Gasteiger charge is 2.53. The number of rotatable bonds is 4. The normalized spacial score (nSPS) is 31.7. The van der Waals surface area contributed by atoms with E-state index in [9.17, 15) is 9.90 Å². The zero-order valence-corrected chi connectivity index (χ0v) is 15.6. The summed E-state index contributed by atoms with van der Waals surface area (Å²) in [5, 5.41) is 15.1. The second-order valence-corrected chi connectivity index (χ2v) is 9.09. The van der Waals surface area contributed by atoms with Crippen molar-refractivity contribution in [2.24, 2.45) is 17.8 Å². The standard InChI is InChI=1S/C24H27NO2/c26-22(25-23-14-17-11-18(15-23)13-19(12-17)16-23)24(27,20-7-3-1-4-8-20)21-9-5-2-6-10-21/h1-10,17-19,27H,11-16H2,(H,25,26). The fourth-order valence-electron chi connectivity index (χ4n) is 6.38. The first-order valence-electron chi connectivity index (χ1n) is 10.2. The van der Waals surface area contributed by atoms with Crippen LogP contribution in [-0.4, -0.2) is 16.6 Å². The van der Waals surface area contributed by atoms with Crippen LogP contribution in [0.25, 0.3) is 0 Å². The summed E-state index contributed by atoms with van der Waals surface area (Å²) in [6.45, 7) is 0. The minimum absolute atomic E-state index is 0.122. The molecule has 0 unspecified atom stereocenters. The van der Waals surface area contributed by atoms with E-state index in [1.54, 1.807) is 0 Å². The Balaban J connectivity index is 1.50. The molecule has 140 valence electrons. The molecule has 2 aromatic rings. The van der Waals surface area contributed by atoms with Crippen molar-refractivity contribution in [3.63, 3.8) is 0 Å². The van der Waals surface area contributed by atoms with Gasteiger partial charge < -0.3 is 10.4 Å². The van der Waals surface area contributed by atoms with Crippen LogP contribution in [0.5, 0.6) is 0 Å². The number of hydrogen-bond acceptors (Lipinski definition) is 2. The summed E-state index contributed by atoms with van der Waals surface area (Å²) in [5.74, 6) is 1.97. The number of nitrogens with one attached hydrogen (secondary N) is 1. The number of hydrogen-bond donors (Lipinski definition) is 2. The molecule has 4 saturated carbocycles. The molecule has 0 radical (unpaired) electrons. The highest BCUT2D eigenvalue weighted by atomic mass is 16.3. The molecule has 0 atom stereocenters. The van der Waals surface area contributed by atoms with Crippen molar-refractivity contribution in [1.29, 1.82) is 0 Å². The van der Waals surface area contributed by atoms with Gasteiger partial charge in [0.05, 0.1) is 0 Å². The molecule has 2 aromatic carbocycles. The van der Waals surface area contributed by atoms with Crippen molar-refractivity contribution in [3.8, 4) is 0 Å². The van der Waals surface area contributed by atoms with Gasteiger partial charge in [-0.05, 0) is 67.4 Å². The van der Waals surface area contributed by atoms with Crippen molar-refractivity contribution in [3.05, 3.63) is 71.8 Å². The summed E-state index contributed by atoms with van der Waals surface area (Å²) in [6, 6.07) is 18.7. The fourth-order valence-corrected chi connectivity index (χ4v) is 6.38. The van der Waals surface area contributed by atoms with E-state index in [4.69, 9.17) is 0 Å². The molecule has 0 aromatic heterocycles. The maximum Gasteiger partial charge on any atom is 0.261 e. The van der Waals surface area contributed by atoms with Crippen LogP contribution in [0.15, 0.2) is 60.7 Å². The lowest BCUT2D eigenvalue weighted by Crippen LogP contribution is -2.63. The summed E-state index contributed by atoms with van der Waals surface area (Å²) in [5.41, 5.74) is -0.535. The summed E-state index contributed by atoms with van der Waals surface area (Å²) in [6.07, 6.45) is 7.21. The Bertz CT molecular complexity index is 755. The maximum atomic E-state index is 13.6. The third-order valence-corrected chi connectivity index (χ3v) is 7.13. The zero-order valence-electron chi connectivity index (χ0n) is 15.6. The topological polar surface area (TPSA) is 49.3 Å². The van der Waals surface area contributed by atoms with Crippen LogP contribution in [0.4, 0.5) is 0 Å². The highest BCUT2D eigenvalue weighted by Crippen LogP contribution is 2.55. The van der Waals surface area contributed by atoms with Gasteiger partial charge in [0.25, 0.3) is 5.91 Å². The number of benzene rings is 2. The van der Waals surface area contributed by atoms with Crippen molar-refractivity contribution >= 4 is 5.91 Å². The minimum Gasteiger partial charge on any atom is -0.372 e. The van der Waals surface area contributed by atoms with Crippen LogP contribution in [0, 0.1) is 17.8 Å². The molecule has 3 nitrogen and oxygen atoms in total. The molecule has 0 aliphatic heterocycles. The highest BCUT2D eigenvalue weighted by molar-refractivity contribution is 5.90. The third-order valence-electron chi connectivity index (χ3n) is 7.13. The van der Waals surface area contributed by atoms with Crippen LogP contribution >= 0.6 is 0 Å². The van der Waals surface area contributed by atoms with Crippen LogP contribution in [0.3, 0.4) is 0 Å². The largest absolute Gasteiger partial charge is 0.372 e. The fraction of sp³-hybridized carbons (Fsp3) is 0.458. The molecule has 27 heavy (non-hydrogen) atoms. The monoisotopic (exact) mass is 361 g/mol. The van der Waals surface area contributed by atoms with Gasteiger partial charge in [-0.2, -0.15) is 0 Å². The summed E-state index contributed by atoms with van der Waals surface area (Å²) >= 11 is 0. The first kappa shape index (κ1) is 17.0. The van der Waals surface area contributed by atoms with Crippen molar-refractivity contribution in [1.82, 2.24) is 5.32 Å². The van der Waals surface area contributed by atoms with Crippen LogP contribution < -0.4 is 5.32 Å². The van der Waals surface area contributed by atoms with Crippen molar-refractivity contribution < 1.29 is 9.90 Å². The van der Waals surface area contributed by atoms with Crippen molar-refractivity contribution in [2.45, 2.75) is 49.7 Å². The second kappa shape index (κ2) is 6.20. The van der Waals surface area contributed by atoms with E-state index in [1.165, 1.54) is 19.3 Å². The van der Waals surface area contributed by atoms with Crippen LogP contribution in [-0.2, 0) is 10.4 Å². The molecule has 4 fully saturated rings. The Kier molecular flexibility index (Phi) is 3.90. The number of carbonyl (C=O) groups excluding carboxylic acids is 1. The van der Waals surface area contributed by atoms with E-state index in [0.717, 1.165) is 37.0 Å². The molecular formula is C24H27NO2. The number of carbonyl (C=O) groups is 1. The van der Waals surface area contributed by atoms with E-state index in [0.29, 0.717) is 11.1 Å². The van der Waals surface area contributed by atoms with Gasteiger partial charge in [-0.1, -0.05) is 60.7 Å². The average Bonchev–Trinajstić information content (AvgIpc) is 2.67. The van der Waals surface area contributed by atoms with Gasteiger partial charge in [-0.3, -0.25) is 4.79 Å². The van der Waals surface area contributed by atoms with Gasteiger partial charge >= 0.3 is 0 Å². The van der Waals surface area contributed by atoms with Gasteiger partial charge in [-0.25, -0.2) is 0 Å². The lowest BCUT2D eigenvalue weighted by Gasteiger charge is -2.57. The lowest BCUT2D eigenvalue weighted by atomic mass is 9.53. The number of amides is 1. The molecule has 4 aliphatic rings. The maximum absolute atomic E-state index is 13.6. The molecule has 4 aliphatic carbocycles. The molecule has 1 amide bonds. The Morgan fingerprint density at radius 1 is 0.815 bits per heavy atom. The van der Waals surface area contributed by atoms with E-state index in [1.807, 2.05) is 60.7 Å². The van der Waals surface area contributed by atoms with E-state index in [-0.39, 0.29) is 11.4 Å². The molecule has 6 rings (SSSR count). The summed E-state index contributed by atoms with van der Waals surface area (Å²) in [7, 11) is 0. The van der Waals surface area contributed by atoms with Gasteiger partial charge in [-0.15, -0.1) is 0 Å². The van der Waals surface area contributed by atoms with Crippen LogP contribution in [0.1, 0.15) is 49.7 Å². The first-order chi connectivity index (χ1) is 13.1. The zero-order chi connectivity index (χ0) is 18.5. The lowest BCUT2D eigenvalue weighted by molar-refractivity contribution is -0.142. The molecule has 2 N–H and O–H groups in total. The first-order valence-corrected chi connectivity index (χ1v) is 10.2. The average molecular weight is 361 g/mol. The third kappa shape index (κ3) is 2.80. The Labute approximate surface area is 160 Å². The van der Waals surface area contributed by atoms with Gasteiger partial charge in [0.15, 0.2) is 5.60 Å². The van der Waals surface area contributed by atoms with E-state index in [2.05, 4.69) is 5.32 Å². The van der Waals surface area contributed by atoms with Crippen LogP contribution in [0.2, 0.25) is 0 Å². The van der Waals surface area contributed by atoms with Gasteiger partial charge in [0, 0.05) is 5.54 Å².